The number of rotatable bonds is 5. The number of hydrogen-bond acceptors (Lipinski definition) is 3. The van der Waals surface area contributed by atoms with Gasteiger partial charge < -0.3 is 20.4 Å². The molecule has 2 amide bonds. The Hall–Kier alpha value is -1.60. The van der Waals surface area contributed by atoms with Crippen molar-refractivity contribution in [3.63, 3.8) is 0 Å². The highest BCUT2D eigenvalue weighted by molar-refractivity contribution is 9.10. The van der Waals surface area contributed by atoms with Crippen LogP contribution in [-0.4, -0.2) is 46.3 Å². The fraction of sp³-hybridized carbons (Fsp3) is 0.429. The fourth-order valence-corrected chi connectivity index (χ4v) is 2.54. The first kappa shape index (κ1) is 15.8. The first-order valence-corrected chi connectivity index (χ1v) is 7.53. The lowest BCUT2D eigenvalue weighted by Crippen LogP contribution is -2.47. The maximum Gasteiger partial charge on any atom is 0.335 e. The van der Waals surface area contributed by atoms with E-state index >= 15 is 0 Å². The van der Waals surface area contributed by atoms with Gasteiger partial charge in [0.2, 0.25) is 0 Å². The van der Waals surface area contributed by atoms with E-state index in [4.69, 9.17) is 10.2 Å². The van der Waals surface area contributed by atoms with Crippen LogP contribution in [0, 0.1) is 0 Å². The molecule has 2 rings (SSSR count). The molecular weight excluding hydrogens is 340 g/mol. The van der Waals surface area contributed by atoms with Gasteiger partial charge in [0.15, 0.2) is 0 Å². The van der Waals surface area contributed by atoms with Gasteiger partial charge in [-0.3, -0.25) is 0 Å². The summed E-state index contributed by atoms with van der Waals surface area (Å²) < 4.78 is 0.610. The van der Waals surface area contributed by atoms with E-state index in [1.54, 1.807) is 11.0 Å². The molecule has 1 aromatic carbocycles. The summed E-state index contributed by atoms with van der Waals surface area (Å²) in [4.78, 5) is 24.9. The molecule has 21 heavy (non-hydrogen) atoms. The number of nitrogens with zero attached hydrogens (tertiary/aromatic N) is 1. The standard InChI is InChI=1S/C14H17BrN2O4/c15-11-5-4-9(13(19)20)8-12(11)16-14(21)17(6-7-18)10-2-1-3-10/h4-5,8,10,18H,1-3,6-7H2,(H,16,21)(H,19,20). The molecule has 1 fully saturated rings. The van der Waals surface area contributed by atoms with Crippen molar-refractivity contribution in [3.05, 3.63) is 28.2 Å². The normalized spacial score (nSPS) is 14.4. The SMILES string of the molecule is O=C(O)c1ccc(Br)c(NC(=O)N(CCO)C2CCC2)c1. The van der Waals surface area contributed by atoms with Gasteiger partial charge in [-0.2, -0.15) is 0 Å². The lowest BCUT2D eigenvalue weighted by Gasteiger charge is -2.37. The number of aromatic carboxylic acids is 1. The summed E-state index contributed by atoms with van der Waals surface area (Å²) in [6, 6.07) is 4.27. The van der Waals surface area contributed by atoms with E-state index in [9.17, 15) is 9.59 Å². The van der Waals surface area contributed by atoms with Gasteiger partial charge in [-0.25, -0.2) is 9.59 Å². The monoisotopic (exact) mass is 356 g/mol. The van der Waals surface area contributed by atoms with Crippen LogP contribution in [0.1, 0.15) is 29.6 Å². The van der Waals surface area contributed by atoms with Crippen molar-refractivity contribution in [1.82, 2.24) is 4.90 Å². The Kier molecular flexibility index (Phi) is 5.19. The zero-order valence-corrected chi connectivity index (χ0v) is 13.0. The summed E-state index contributed by atoms with van der Waals surface area (Å²) in [5.74, 6) is -1.05. The molecular formula is C14H17BrN2O4. The largest absolute Gasteiger partial charge is 0.478 e. The second kappa shape index (κ2) is 6.91. The smallest absolute Gasteiger partial charge is 0.335 e. The van der Waals surface area contributed by atoms with Crippen LogP contribution < -0.4 is 5.32 Å². The summed E-state index contributed by atoms with van der Waals surface area (Å²) >= 11 is 3.29. The van der Waals surface area contributed by atoms with Crippen LogP contribution in [0.15, 0.2) is 22.7 Å². The van der Waals surface area contributed by atoms with Gasteiger partial charge >= 0.3 is 12.0 Å². The Labute approximate surface area is 130 Å². The van der Waals surface area contributed by atoms with E-state index in [2.05, 4.69) is 21.2 Å². The Bertz CT molecular complexity index is 546. The molecule has 114 valence electrons. The van der Waals surface area contributed by atoms with E-state index in [-0.39, 0.29) is 30.8 Å². The van der Waals surface area contributed by atoms with Gasteiger partial charge in [-0.1, -0.05) is 0 Å². The number of carbonyl (C=O) groups excluding carboxylic acids is 1. The summed E-state index contributed by atoms with van der Waals surface area (Å²) in [6.07, 6.45) is 2.95. The molecule has 3 N–H and O–H groups in total. The minimum Gasteiger partial charge on any atom is -0.478 e. The number of carboxylic acids is 1. The number of nitrogens with one attached hydrogen (secondary N) is 1. The Balaban J connectivity index is 2.13. The molecule has 7 heteroatoms. The van der Waals surface area contributed by atoms with Crippen LogP contribution in [0.2, 0.25) is 0 Å². The van der Waals surface area contributed by atoms with Crippen LogP contribution in [0.4, 0.5) is 10.5 Å². The summed E-state index contributed by atoms with van der Waals surface area (Å²) in [5.41, 5.74) is 0.507. The highest BCUT2D eigenvalue weighted by atomic mass is 79.9. The topological polar surface area (TPSA) is 89.9 Å². The number of benzene rings is 1. The molecule has 1 aliphatic carbocycles. The van der Waals surface area contributed by atoms with Crippen molar-refractivity contribution >= 4 is 33.6 Å². The predicted molar refractivity (Wildman–Crippen MR) is 81.6 cm³/mol. The van der Waals surface area contributed by atoms with E-state index in [1.165, 1.54) is 12.1 Å². The molecule has 1 aromatic rings. The fourth-order valence-electron chi connectivity index (χ4n) is 2.20. The van der Waals surface area contributed by atoms with Gasteiger partial charge in [0.1, 0.15) is 0 Å². The molecule has 1 aliphatic rings. The van der Waals surface area contributed by atoms with Gasteiger partial charge in [-0.05, 0) is 53.4 Å². The number of carboxylic acid groups (broad SMARTS) is 1. The molecule has 0 aliphatic heterocycles. The number of aliphatic hydroxyl groups is 1. The van der Waals surface area contributed by atoms with E-state index in [0.29, 0.717) is 10.2 Å². The molecule has 0 atom stereocenters. The number of anilines is 1. The highest BCUT2D eigenvalue weighted by Crippen LogP contribution is 2.27. The first-order valence-electron chi connectivity index (χ1n) is 6.74. The molecule has 0 heterocycles. The van der Waals surface area contributed by atoms with E-state index in [1.807, 2.05) is 0 Å². The number of halogens is 1. The summed E-state index contributed by atoms with van der Waals surface area (Å²) in [7, 11) is 0. The third kappa shape index (κ3) is 3.74. The van der Waals surface area contributed by atoms with E-state index in [0.717, 1.165) is 19.3 Å². The Morgan fingerprint density at radius 3 is 2.62 bits per heavy atom. The quantitative estimate of drug-likeness (QED) is 0.755. The lowest BCUT2D eigenvalue weighted by molar-refractivity contribution is 0.0697. The van der Waals surface area contributed by atoms with Gasteiger partial charge in [0, 0.05) is 17.1 Å². The maximum absolute atomic E-state index is 12.3. The van der Waals surface area contributed by atoms with Crippen molar-refractivity contribution in [2.24, 2.45) is 0 Å². The average molecular weight is 357 g/mol. The first-order chi connectivity index (χ1) is 10.0. The van der Waals surface area contributed by atoms with Crippen LogP contribution in [0.25, 0.3) is 0 Å². The zero-order valence-electron chi connectivity index (χ0n) is 11.4. The Morgan fingerprint density at radius 2 is 2.10 bits per heavy atom. The van der Waals surface area contributed by atoms with Crippen molar-refractivity contribution in [1.29, 1.82) is 0 Å². The molecule has 0 unspecified atom stereocenters. The molecule has 6 nitrogen and oxygen atoms in total. The predicted octanol–water partition coefficient (Wildman–Crippen LogP) is 2.53. The summed E-state index contributed by atoms with van der Waals surface area (Å²) in [5, 5.41) is 20.8. The van der Waals surface area contributed by atoms with Crippen molar-refractivity contribution in [2.75, 3.05) is 18.5 Å². The van der Waals surface area contributed by atoms with E-state index < -0.39 is 5.97 Å². The molecule has 0 saturated heterocycles. The van der Waals surface area contributed by atoms with Crippen LogP contribution in [0.5, 0.6) is 0 Å². The third-order valence-electron chi connectivity index (χ3n) is 3.57. The third-order valence-corrected chi connectivity index (χ3v) is 4.26. The number of aliphatic hydroxyl groups excluding tert-OH is 1. The molecule has 0 radical (unpaired) electrons. The minimum absolute atomic E-state index is 0.0970. The second-order valence-electron chi connectivity index (χ2n) is 4.93. The van der Waals surface area contributed by atoms with Gasteiger partial charge in [0.05, 0.1) is 17.9 Å². The molecule has 0 bridgehead atoms. The minimum atomic E-state index is -1.05. The molecule has 0 aromatic heterocycles. The van der Waals surface area contributed by atoms with Gasteiger partial charge in [-0.15, -0.1) is 0 Å². The zero-order chi connectivity index (χ0) is 15.4. The lowest BCUT2D eigenvalue weighted by atomic mass is 9.92. The van der Waals surface area contributed by atoms with Crippen LogP contribution in [-0.2, 0) is 0 Å². The number of urea groups is 1. The molecule has 0 spiro atoms. The summed E-state index contributed by atoms with van der Waals surface area (Å²) in [6.45, 7) is 0.174. The second-order valence-corrected chi connectivity index (χ2v) is 5.79. The van der Waals surface area contributed by atoms with Crippen molar-refractivity contribution < 1.29 is 19.8 Å². The highest BCUT2D eigenvalue weighted by Gasteiger charge is 2.28. The molecule has 1 saturated carbocycles. The number of hydrogen-bond donors (Lipinski definition) is 3. The van der Waals surface area contributed by atoms with Crippen molar-refractivity contribution in [2.45, 2.75) is 25.3 Å². The Morgan fingerprint density at radius 1 is 1.38 bits per heavy atom. The van der Waals surface area contributed by atoms with Crippen molar-refractivity contribution in [3.8, 4) is 0 Å². The van der Waals surface area contributed by atoms with Crippen LogP contribution in [0.3, 0.4) is 0 Å². The average Bonchev–Trinajstić information content (AvgIpc) is 2.38. The van der Waals surface area contributed by atoms with Crippen LogP contribution >= 0.6 is 15.9 Å². The van der Waals surface area contributed by atoms with Gasteiger partial charge in [0.25, 0.3) is 0 Å². The number of amides is 2. The maximum atomic E-state index is 12.3. The number of carbonyl (C=O) groups is 2.